The number of phosphoric acid groups is 3. The van der Waals surface area contributed by atoms with Crippen molar-refractivity contribution >= 4 is 29.4 Å². The summed E-state index contributed by atoms with van der Waals surface area (Å²) in [5.74, 6) is -0.389. The van der Waals surface area contributed by atoms with Gasteiger partial charge in [-0.05, 0) is 19.8 Å². The second kappa shape index (κ2) is 17.1. The highest BCUT2D eigenvalue weighted by molar-refractivity contribution is 7.47. The van der Waals surface area contributed by atoms with Crippen molar-refractivity contribution in [2.24, 2.45) is 0 Å². The summed E-state index contributed by atoms with van der Waals surface area (Å²) in [7, 11) is -14.6. The van der Waals surface area contributed by atoms with E-state index in [9.17, 15) is 23.4 Å². The first kappa shape index (κ1) is 33.5. The van der Waals surface area contributed by atoms with Gasteiger partial charge in [0.15, 0.2) is 0 Å². The van der Waals surface area contributed by atoms with Crippen LogP contribution in [0, 0.1) is 0 Å². The summed E-state index contributed by atoms with van der Waals surface area (Å²) in [4.78, 5) is 55.7. The molecule has 0 rings (SSSR count). The number of ether oxygens (including phenoxy) is 1. The number of phosphoric ester groups is 3. The van der Waals surface area contributed by atoms with Gasteiger partial charge in [-0.3, -0.25) is 18.1 Å². The maximum Gasteiger partial charge on any atom is 0.472 e. The maximum atomic E-state index is 12.0. The lowest BCUT2D eigenvalue weighted by Crippen LogP contribution is -2.24. The molecule has 0 aromatic heterocycles. The molecule has 0 aromatic rings. The molecule has 0 aliphatic heterocycles. The van der Waals surface area contributed by atoms with Crippen molar-refractivity contribution in [3.8, 4) is 0 Å². The molecule has 0 bridgehead atoms. The van der Waals surface area contributed by atoms with E-state index < -0.39 is 42.8 Å². The van der Waals surface area contributed by atoms with E-state index in [1.165, 1.54) is 0 Å². The molecule has 0 amide bonds. The second-order valence-corrected chi connectivity index (χ2v) is 11.2. The Kier molecular flexibility index (Phi) is 16.8. The quantitative estimate of drug-likeness (QED) is 0.0595. The molecule has 1 atom stereocenters. The Morgan fingerprint density at radius 2 is 1.15 bits per heavy atom. The van der Waals surface area contributed by atoms with Gasteiger partial charge in [0.05, 0.1) is 26.4 Å². The summed E-state index contributed by atoms with van der Waals surface area (Å²) in [6, 6.07) is 0. The van der Waals surface area contributed by atoms with Gasteiger partial charge in [0.2, 0.25) is 0 Å². The average molecular weight is 556 g/mol. The maximum absolute atomic E-state index is 12.0. The fourth-order valence-electron chi connectivity index (χ4n) is 2.42. The number of carbonyl (C=O) groups is 1. The van der Waals surface area contributed by atoms with Gasteiger partial charge >= 0.3 is 29.4 Å². The number of unbranched alkanes of at least 4 members (excludes halogenated alkanes) is 7. The van der Waals surface area contributed by atoms with Crippen LogP contribution in [-0.4, -0.2) is 63.0 Å². The van der Waals surface area contributed by atoms with Gasteiger partial charge < -0.3 is 29.2 Å². The van der Waals surface area contributed by atoms with Crippen LogP contribution in [0.25, 0.3) is 0 Å². The molecule has 0 aliphatic rings. The second-order valence-electron chi connectivity index (χ2n) is 7.35. The number of rotatable bonds is 21. The van der Waals surface area contributed by atoms with Crippen molar-refractivity contribution in [1.29, 1.82) is 0 Å². The molecular weight excluding hydrogens is 521 g/mol. The summed E-state index contributed by atoms with van der Waals surface area (Å²) < 4.78 is 56.2. The molecule has 34 heavy (non-hydrogen) atoms. The first-order valence-electron chi connectivity index (χ1n) is 10.5. The van der Waals surface area contributed by atoms with Crippen LogP contribution in [-0.2, 0) is 41.3 Å². The molecule has 0 spiro atoms. The molecule has 202 valence electrons. The zero-order valence-corrected chi connectivity index (χ0v) is 21.7. The lowest BCUT2D eigenvalue weighted by Gasteiger charge is -2.21. The number of esters is 1. The highest BCUT2D eigenvalue weighted by Crippen LogP contribution is 2.46. The van der Waals surface area contributed by atoms with Crippen LogP contribution >= 0.6 is 23.5 Å². The Balaban J connectivity index is 4.03. The van der Waals surface area contributed by atoms with E-state index in [4.69, 9.17) is 28.8 Å². The minimum Gasteiger partial charge on any atom is -0.462 e. The van der Waals surface area contributed by atoms with Crippen molar-refractivity contribution < 1.29 is 65.8 Å². The van der Waals surface area contributed by atoms with Crippen molar-refractivity contribution in [2.45, 2.75) is 64.4 Å². The smallest absolute Gasteiger partial charge is 0.462 e. The standard InChI is InChI=1S/C17H35O14P3/c1-15(2)17(18)27-11-9-7-5-3-4-6-8-10-12-28-34(25,26)31-16(13-29-32(19,20)21)14-30-33(22,23)24/h16H,1,3-14H2,2H3,(H,25,26)(H2,19,20,21)(H2,22,23,24). The molecular formula is C17H35O14P3. The molecule has 0 saturated heterocycles. The van der Waals surface area contributed by atoms with E-state index >= 15 is 0 Å². The molecule has 0 radical (unpaired) electrons. The largest absolute Gasteiger partial charge is 0.472 e. The van der Waals surface area contributed by atoms with Crippen molar-refractivity contribution in [1.82, 2.24) is 0 Å². The van der Waals surface area contributed by atoms with Crippen LogP contribution in [0.2, 0.25) is 0 Å². The molecule has 0 fully saturated rings. The van der Waals surface area contributed by atoms with Crippen LogP contribution in [0.1, 0.15) is 58.3 Å². The minimum atomic E-state index is -4.97. The molecule has 17 heteroatoms. The molecule has 5 N–H and O–H groups in total. The number of hydrogen-bond donors (Lipinski definition) is 5. The first-order chi connectivity index (χ1) is 15.6. The molecule has 0 aliphatic carbocycles. The van der Waals surface area contributed by atoms with E-state index in [0.717, 1.165) is 38.5 Å². The predicted molar refractivity (Wildman–Crippen MR) is 119 cm³/mol. The van der Waals surface area contributed by atoms with Crippen LogP contribution in [0.3, 0.4) is 0 Å². The minimum absolute atomic E-state index is 0.146. The van der Waals surface area contributed by atoms with Crippen LogP contribution in [0.15, 0.2) is 12.2 Å². The van der Waals surface area contributed by atoms with Gasteiger partial charge in [0, 0.05) is 5.57 Å². The normalized spacial score (nSPS) is 14.2. The summed E-state index contributed by atoms with van der Waals surface area (Å²) in [5.41, 5.74) is 0.371. The molecule has 14 nitrogen and oxygen atoms in total. The third-order valence-electron chi connectivity index (χ3n) is 4.01. The lowest BCUT2D eigenvalue weighted by atomic mass is 10.1. The van der Waals surface area contributed by atoms with E-state index in [-0.39, 0.29) is 12.6 Å². The Bertz CT molecular complexity index is 720. The average Bonchev–Trinajstić information content (AvgIpc) is 2.69. The van der Waals surface area contributed by atoms with Crippen molar-refractivity contribution in [3.63, 3.8) is 0 Å². The van der Waals surface area contributed by atoms with E-state index in [0.29, 0.717) is 25.0 Å². The summed E-state index contributed by atoms with van der Waals surface area (Å²) in [5, 5.41) is 0. The first-order valence-corrected chi connectivity index (χ1v) is 15.1. The van der Waals surface area contributed by atoms with Crippen LogP contribution in [0.5, 0.6) is 0 Å². The Morgan fingerprint density at radius 3 is 1.56 bits per heavy atom. The molecule has 0 heterocycles. The highest BCUT2D eigenvalue weighted by atomic mass is 31.2. The monoisotopic (exact) mass is 556 g/mol. The van der Waals surface area contributed by atoms with Crippen LogP contribution < -0.4 is 0 Å². The van der Waals surface area contributed by atoms with Gasteiger partial charge in [-0.15, -0.1) is 0 Å². The summed E-state index contributed by atoms with van der Waals surface area (Å²) >= 11 is 0. The van der Waals surface area contributed by atoms with Gasteiger partial charge in [-0.2, -0.15) is 0 Å². The molecule has 0 aromatic carbocycles. The third-order valence-corrected chi connectivity index (χ3v) is 6.06. The fourth-order valence-corrected chi connectivity index (χ4v) is 4.06. The van der Waals surface area contributed by atoms with E-state index in [1.54, 1.807) is 6.92 Å². The molecule has 1 unspecified atom stereocenters. The predicted octanol–water partition coefficient (Wildman–Crippen LogP) is 2.95. The zero-order chi connectivity index (χ0) is 26.3. The third kappa shape index (κ3) is 22.0. The van der Waals surface area contributed by atoms with Crippen molar-refractivity contribution in [3.05, 3.63) is 12.2 Å². The van der Waals surface area contributed by atoms with Crippen LogP contribution in [0.4, 0.5) is 0 Å². The summed E-state index contributed by atoms with van der Waals surface area (Å²) in [6.45, 7) is 3.35. The lowest BCUT2D eigenvalue weighted by molar-refractivity contribution is -0.139. The van der Waals surface area contributed by atoms with Gasteiger partial charge in [-0.1, -0.05) is 45.1 Å². The number of carbonyl (C=O) groups excluding carboxylic acids is 1. The summed E-state index contributed by atoms with van der Waals surface area (Å²) in [6.07, 6.45) is 4.93. The SMILES string of the molecule is C=C(C)C(=O)OCCCCCCCCCCOP(=O)(O)OC(COP(=O)(O)O)COP(=O)(O)O. The topological polar surface area (TPSA) is 216 Å². The Hall–Kier alpha value is -0.460. The van der Waals surface area contributed by atoms with E-state index in [2.05, 4.69) is 20.2 Å². The highest BCUT2D eigenvalue weighted by Gasteiger charge is 2.30. The van der Waals surface area contributed by atoms with Gasteiger partial charge in [0.1, 0.15) is 6.10 Å². The van der Waals surface area contributed by atoms with Gasteiger partial charge in [0.25, 0.3) is 0 Å². The Morgan fingerprint density at radius 1 is 0.735 bits per heavy atom. The molecule has 0 saturated carbocycles. The number of hydrogen-bond acceptors (Lipinski definition) is 9. The Labute approximate surface area is 198 Å². The van der Waals surface area contributed by atoms with Gasteiger partial charge in [-0.25, -0.2) is 18.5 Å². The fraction of sp³-hybridized carbons (Fsp3) is 0.824. The van der Waals surface area contributed by atoms with Crippen molar-refractivity contribution in [2.75, 3.05) is 26.4 Å². The zero-order valence-electron chi connectivity index (χ0n) is 19.0. The van der Waals surface area contributed by atoms with E-state index in [1.807, 2.05) is 0 Å².